The van der Waals surface area contributed by atoms with Crippen LogP contribution in [0, 0.1) is 23.7 Å². The van der Waals surface area contributed by atoms with Gasteiger partial charge in [0.1, 0.15) is 6.54 Å². The fourth-order valence-corrected chi connectivity index (χ4v) is 4.38. The largest absolute Gasteiger partial charge is 0.323 e. The molecule has 124 valence electrons. The number of nitrogens with one attached hydrogen (secondary N) is 1. The zero-order chi connectivity index (χ0) is 17.0. The summed E-state index contributed by atoms with van der Waals surface area (Å²) in [5.41, 5.74) is 0.357. The van der Waals surface area contributed by atoms with E-state index in [1.165, 1.54) is 6.07 Å². The van der Waals surface area contributed by atoms with Crippen molar-refractivity contribution in [1.82, 2.24) is 4.90 Å². The number of imide groups is 1. The van der Waals surface area contributed by atoms with E-state index in [1.807, 2.05) is 12.2 Å². The molecule has 4 atom stereocenters. The van der Waals surface area contributed by atoms with E-state index in [0.29, 0.717) is 15.7 Å². The second kappa shape index (κ2) is 5.60. The van der Waals surface area contributed by atoms with Crippen LogP contribution in [-0.4, -0.2) is 29.2 Å². The summed E-state index contributed by atoms with van der Waals surface area (Å²) in [6.07, 6.45) is 4.91. The topological polar surface area (TPSA) is 66.5 Å². The molecule has 1 aliphatic heterocycles. The van der Waals surface area contributed by atoms with Gasteiger partial charge in [0.2, 0.25) is 17.7 Å². The molecular weight excluding hydrogens is 351 g/mol. The summed E-state index contributed by atoms with van der Waals surface area (Å²) in [6.45, 7) is -0.299. The molecule has 0 spiro atoms. The van der Waals surface area contributed by atoms with Gasteiger partial charge in [0.05, 0.1) is 22.5 Å². The summed E-state index contributed by atoms with van der Waals surface area (Å²) in [5, 5.41) is 3.38. The van der Waals surface area contributed by atoms with Crippen molar-refractivity contribution >= 4 is 46.6 Å². The number of hydrogen-bond donors (Lipinski definition) is 1. The molecule has 1 heterocycles. The lowest BCUT2D eigenvalue weighted by molar-refractivity contribution is -0.143. The van der Waals surface area contributed by atoms with E-state index in [2.05, 4.69) is 5.32 Å². The molecule has 24 heavy (non-hydrogen) atoms. The van der Waals surface area contributed by atoms with Crippen LogP contribution in [0.3, 0.4) is 0 Å². The van der Waals surface area contributed by atoms with Gasteiger partial charge in [0, 0.05) is 5.02 Å². The van der Waals surface area contributed by atoms with Crippen LogP contribution >= 0.6 is 23.2 Å². The van der Waals surface area contributed by atoms with Gasteiger partial charge in [0.15, 0.2) is 0 Å². The van der Waals surface area contributed by atoms with E-state index in [9.17, 15) is 14.4 Å². The Kier molecular flexibility index (Phi) is 3.66. The number of halogens is 2. The molecule has 1 saturated carbocycles. The molecular formula is C17H14Cl2N2O3. The zero-order valence-electron chi connectivity index (χ0n) is 12.5. The maximum Gasteiger partial charge on any atom is 0.244 e. The van der Waals surface area contributed by atoms with Crippen LogP contribution in [-0.2, 0) is 14.4 Å². The molecule has 5 nitrogen and oxygen atoms in total. The maximum absolute atomic E-state index is 12.5. The SMILES string of the molecule is O=C(CN1C(=O)[C@H]2[C@H](C1=O)[C@H]1C=C[C@H]2C1)Nc1cc(Cl)ccc1Cl. The summed E-state index contributed by atoms with van der Waals surface area (Å²) in [4.78, 5) is 38.4. The van der Waals surface area contributed by atoms with Crippen molar-refractivity contribution in [2.24, 2.45) is 23.7 Å². The normalized spacial score (nSPS) is 30.2. The third-order valence-corrected chi connectivity index (χ3v) is 5.63. The number of fused-ring (bicyclic) bond motifs is 5. The molecule has 3 aliphatic rings. The van der Waals surface area contributed by atoms with Crippen molar-refractivity contribution in [2.45, 2.75) is 6.42 Å². The molecule has 0 aromatic heterocycles. The molecule has 7 heteroatoms. The summed E-state index contributed by atoms with van der Waals surface area (Å²) >= 11 is 11.9. The summed E-state index contributed by atoms with van der Waals surface area (Å²) in [5.74, 6) is -1.28. The Morgan fingerprint density at radius 1 is 1.12 bits per heavy atom. The van der Waals surface area contributed by atoms with Gasteiger partial charge in [-0.15, -0.1) is 0 Å². The van der Waals surface area contributed by atoms with Gasteiger partial charge in [-0.05, 0) is 36.5 Å². The van der Waals surface area contributed by atoms with E-state index < -0.39 is 5.91 Å². The fraction of sp³-hybridized carbons (Fsp3) is 0.353. The second-order valence-electron chi connectivity index (χ2n) is 6.43. The van der Waals surface area contributed by atoms with E-state index in [4.69, 9.17) is 23.2 Å². The molecule has 4 rings (SSSR count). The van der Waals surface area contributed by atoms with Crippen LogP contribution < -0.4 is 5.32 Å². The first kappa shape index (κ1) is 15.7. The number of likely N-dealkylation sites (tertiary alicyclic amines) is 1. The van der Waals surface area contributed by atoms with Crippen molar-refractivity contribution in [3.63, 3.8) is 0 Å². The quantitative estimate of drug-likeness (QED) is 0.662. The Balaban J connectivity index is 1.48. The summed E-state index contributed by atoms with van der Waals surface area (Å²) < 4.78 is 0. The highest BCUT2D eigenvalue weighted by Gasteiger charge is 2.59. The number of amides is 3. The third kappa shape index (κ3) is 2.34. The number of carbonyl (C=O) groups is 3. The second-order valence-corrected chi connectivity index (χ2v) is 7.28. The first-order chi connectivity index (χ1) is 11.5. The molecule has 0 unspecified atom stereocenters. The molecule has 2 fully saturated rings. The number of allylic oxidation sites excluding steroid dienone is 2. The Labute approximate surface area is 148 Å². The average molecular weight is 365 g/mol. The van der Waals surface area contributed by atoms with Crippen molar-refractivity contribution in [3.05, 3.63) is 40.4 Å². The van der Waals surface area contributed by atoms with E-state index in [-0.39, 0.29) is 42.0 Å². The first-order valence-corrected chi connectivity index (χ1v) is 8.50. The first-order valence-electron chi connectivity index (χ1n) is 7.74. The number of anilines is 1. The molecule has 2 aliphatic carbocycles. The van der Waals surface area contributed by atoms with Crippen molar-refractivity contribution in [2.75, 3.05) is 11.9 Å². The van der Waals surface area contributed by atoms with E-state index >= 15 is 0 Å². The van der Waals surface area contributed by atoms with E-state index in [0.717, 1.165) is 11.3 Å². The lowest BCUT2D eigenvalue weighted by atomic mass is 9.85. The van der Waals surface area contributed by atoms with Crippen LogP contribution in [0.25, 0.3) is 0 Å². The lowest BCUT2D eigenvalue weighted by Gasteiger charge is -2.17. The van der Waals surface area contributed by atoms with Crippen molar-refractivity contribution in [3.8, 4) is 0 Å². The zero-order valence-corrected chi connectivity index (χ0v) is 14.1. The van der Waals surface area contributed by atoms with Crippen molar-refractivity contribution in [1.29, 1.82) is 0 Å². The van der Waals surface area contributed by atoms with Gasteiger partial charge in [-0.1, -0.05) is 35.4 Å². The standard InChI is InChI=1S/C17H14Cl2N2O3/c18-10-3-4-11(19)12(6-10)20-13(22)7-21-16(23)14-8-1-2-9(5-8)15(14)17(21)24/h1-4,6,8-9,14-15H,5,7H2,(H,20,22)/t8-,9-,14+,15+/m0/s1. The molecule has 1 aromatic carbocycles. The Bertz CT molecular complexity index is 762. The number of benzene rings is 1. The highest BCUT2D eigenvalue weighted by molar-refractivity contribution is 6.35. The Morgan fingerprint density at radius 3 is 2.38 bits per heavy atom. The minimum atomic E-state index is -0.471. The fourth-order valence-electron chi connectivity index (χ4n) is 4.05. The van der Waals surface area contributed by atoms with Gasteiger partial charge in [-0.3, -0.25) is 19.3 Å². The molecule has 1 N–H and O–H groups in total. The monoisotopic (exact) mass is 364 g/mol. The molecule has 1 saturated heterocycles. The van der Waals surface area contributed by atoms with Gasteiger partial charge in [0.25, 0.3) is 0 Å². The molecule has 0 radical (unpaired) electrons. The van der Waals surface area contributed by atoms with Crippen LogP contribution in [0.15, 0.2) is 30.4 Å². The predicted molar refractivity (Wildman–Crippen MR) is 89.5 cm³/mol. The maximum atomic E-state index is 12.5. The highest BCUT2D eigenvalue weighted by Crippen LogP contribution is 2.52. The van der Waals surface area contributed by atoms with Gasteiger partial charge < -0.3 is 5.32 Å². The van der Waals surface area contributed by atoms with Crippen molar-refractivity contribution < 1.29 is 14.4 Å². The Hall–Kier alpha value is -1.85. The molecule has 3 amide bonds. The van der Waals surface area contributed by atoms with Crippen LogP contribution in [0.2, 0.25) is 10.0 Å². The smallest absolute Gasteiger partial charge is 0.244 e. The summed E-state index contributed by atoms with van der Waals surface area (Å²) in [6, 6.07) is 4.70. The van der Waals surface area contributed by atoms with Gasteiger partial charge >= 0.3 is 0 Å². The predicted octanol–water partition coefficient (Wildman–Crippen LogP) is 2.74. The minimum absolute atomic E-state index is 0.131. The highest BCUT2D eigenvalue weighted by atomic mass is 35.5. The summed E-state index contributed by atoms with van der Waals surface area (Å²) in [7, 11) is 0. The molecule has 2 bridgehead atoms. The van der Waals surface area contributed by atoms with Gasteiger partial charge in [-0.2, -0.15) is 0 Å². The lowest BCUT2D eigenvalue weighted by Crippen LogP contribution is -2.39. The van der Waals surface area contributed by atoms with Crippen LogP contribution in [0.1, 0.15) is 6.42 Å². The van der Waals surface area contributed by atoms with Crippen LogP contribution in [0.4, 0.5) is 5.69 Å². The minimum Gasteiger partial charge on any atom is -0.323 e. The number of hydrogen-bond acceptors (Lipinski definition) is 3. The Morgan fingerprint density at radius 2 is 1.75 bits per heavy atom. The van der Waals surface area contributed by atoms with E-state index in [1.54, 1.807) is 12.1 Å². The average Bonchev–Trinajstić information content (AvgIpc) is 3.21. The third-order valence-electron chi connectivity index (χ3n) is 5.07. The molecule has 1 aromatic rings. The number of nitrogens with zero attached hydrogens (tertiary/aromatic N) is 1. The van der Waals surface area contributed by atoms with Gasteiger partial charge in [-0.25, -0.2) is 0 Å². The number of rotatable bonds is 3. The number of carbonyl (C=O) groups excluding carboxylic acids is 3. The van der Waals surface area contributed by atoms with Crippen LogP contribution in [0.5, 0.6) is 0 Å².